The molecule has 0 bridgehead atoms. The molecule has 1 rings (SSSR count). The van der Waals surface area contributed by atoms with Gasteiger partial charge in [-0.1, -0.05) is 29.8 Å². The predicted molar refractivity (Wildman–Crippen MR) is 49.6 cm³/mol. The second-order valence-corrected chi connectivity index (χ2v) is 3.96. The van der Waals surface area contributed by atoms with Crippen LogP contribution >= 0.6 is 8.03 Å². The molecule has 1 aromatic carbocycles. The van der Waals surface area contributed by atoms with Crippen molar-refractivity contribution in [3.63, 3.8) is 0 Å². The van der Waals surface area contributed by atoms with Crippen molar-refractivity contribution < 1.29 is 9.46 Å². The van der Waals surface area contributed by atoms with Gasteiger partial charge in [-0.05, 0) is 17.1 Å². The molecular formula is C9H12O2P+. The summed E-state index contributed by atoms with van der Waals surface area (Å²) in [5.41, 5.74) is 2.34. The van der Waals surface area contributed by atoms with Crippen molar-refractivity contribution in [2.24, 2.45) is 0 Å². The largest absolute Gasteiger partial charge is 0.505 e. The van der Waals surface area contributed by atoms with Gasteiger partial charge < -0.3 is 0 Å². The lowest BCUT2D eigenvalue weighted by Gasteiger charge is -1.95. The molecule has 0 aliphatic carbocycles. The van der Waals surface area contributed by atoms with Gasteiger partial charge in [-0.15, -0.1) is 0 Å². The van der Waals surface area contributed by atoms with Crippen molar-refractivity contribution in [3.8, 4) is 0 Å². The van der Waals surface area contributed by atoms with E-state index >= 15 is 0 Å². The van der Waals surface area contributed by atoms with E-state index in [1.165, 1.54) is 5.56 Å². The first-order chi connectivity index (χ1) is 5.68. The Kier molecular flexibility index (Phi) is 3.39. The Labute approximate surface area is 73.1 Å². The highest BCUT2D eigenvalue weighted by molar-refractivity contribution is 7.37. The van der Waals surface area contributed by atoms with Gasteiger partial charge in [0, 0.05) is 6.42 Å². The fourth-order valence-electron chi connectivity index (χ4n) is 0.979. The van der Waals surface area contributed by atoms with Crippen LogP contribution in [0.2, 0.25) is 0 Å². The standard InChI is InChI=1S/C9H11O2P/c1-8-2-4-9(5-3-8)6-7-12(10)11/h2-5H,6-7H2,1H3/p+1. The van der Waals surface area contributed by atoms with Gasteiger partial charge in [0.1, 0.15) is 0 Å². The summed E-state index contributed by atoms with van der Waals surface area (Å²) in [6.45, 7) is 2.02. The van der Waals surface area contributed by atoms with Crippen LogP contribution in [0.1, 0.15) is 11.1 Å². The summed E-state index contributed by atoms with van der Waals surface area (Å²) < 4.78 is 10.4. The maximum atomic E-state index is 10.4. The zero-order valence-corrected chi connectivity index (χ0v) is 7.92. The fourth-order valence-corrected chi connectivity index (χ4v) is 1.43. The topological polar surface area (TPSA) is 37.3 Å². The van der Waals surface area contributed by atoms with Crippen LogP contribution < -0.4 is 0 Å². The Bertz CT molecular complexity index is 266. The highest BCUT2D eigenvalue weighted by Crippen LogP contribution is 2.15. The molecule has 0 fully saturated rings. The summed E-state index contributed by atoms with van der Waals surface area (Å²) in [5.74, 6) is 0. The molecule has 64 valence electrons. The van der Waals surface area contributed by atoms with Crippen LogP contribution in [0.3, 0.4) is 0 Å². The molecule has 2 nitrogen and oxygen atoms in total. The Hall–Kier alpha value is -0.720. The average Bonchev–Trinajstić information content (AvgIpc) is 2.03. The molecule has 1 aromatic rings. The Balaban J connectivity index is 2.53. The molecule has 0 aliphatic rings. The minimum atomic E-state index is -1.98. The summed E-state index contributed by atoms with van der Waals surface area (Å²) in [7, 11) is -1.98. The molecule has 0 aliphatic heterocycles. The number of aryl methyl sites for hydroxylation is 2. The van der Waals surface area contributed by atoms with Crippen LogP contribution in [-0.4, -0.2) is 11.1 Å². The van der Waals surface area contributed by atoms with Crippen LogP contribution in [0.4, 0.5) is 0 Å². The van der Waals surface area contributed by atoms with Crippen molar-refractivity contribution in [1.29, 1.82) is 0 Å². The minimum absolute atomic E-state index is 0.360. The number of hydrogen-bond donors (Lipinski definition) is 1. The number of benzene rings is 1. The van der Waals surface area contributed by atoms with Gasteiger partial charge in [-0.3, -0.25) is 0 Å². The minimum Gasteiger partial charge on any atom is -0.161 e. The second kappa shape index (κ2) is 4.34. The maximum Gasteiger partial charge on any atom is 0.505 e. The third-order valence-corrected chi connectivity index (χ3v) is 2.32. The number of rotatable bonds is 3. The fraction of sp³-hybridized carbons (Fsp3) is 0.333. The zero-order valence-electron chi connectivity index (χ0n) is 7.03. The summed E-state index contributed by atoms with van der Waals surface area (Å²) in [6, 6.07) is 8.02. The zero-order chi connectivity index (χ0) is 8.97. The van der Waals surface area contributed by atoms with Gasteiger partial charge in [0.15, 0.2) is 6.16 Å². The van der Waals surface area contributed by atoms with E-state index in [0.717, 1.165) is 5.56 Å². The molecule has 12 heavy (non-hydrogen) atoms. The third kappa shape index (κ3) is 3.12. The van der Waals surface area contributed by atoms with E-state index in [0.29, 0.717) is 12.6 Å². The van der Waals surface area contributed by atoms with Crippen LogP contribution in [0.25, 0.3) is 0 Å². The van der Waals surface area contributed by atoms with Gasteiger partial charge >= 0.3 is 8.03 Å². The Morgan fingerprint density at radius 2 is 1.92 bits per heavy atom. The van der Waals surface area contributed by atoms with E-state index in [2.05, 4.69) is 0 Å². The van der Waals surface area contributed by atoms with E-state index in [-0.39, 0.29) is 0 Å². The molecular weight excluding hydrogens is 171 g/mol. The lowest BCUT2D eigenvalue weighted by molar-refractivity contribution is 0.502. The lowest BCUT2D eigenvalue weighted by atomic mass is 10.1. The average molecular weight is 183 g/mol. The van der Waals surface area contributed by atoms with E-state index < -0.39 is 8.03 Å². The quantitative estimate of drug-likeness (QED) is 0.730. The molecule has 0 aromatic heterocycles. The van der Waals surface area contributed by atoms with E-state index in [1.54, 1.807) is 0 Å². The molecule has 0 radical (unpaired) electrons. The van der Waals surface area contributed by atoms with Crippen LogP contribution in [0, 0.1) is 6.92 Å². The Morgan fingerprint density at radius 3 is 2.42 bits per heavy atom. The van der Waals surface area contributed by atoms with Gasteiger partial charge in [0.2, 0.25) is 0 Å². The first-order valence-electron chi connectivity index (χ1n) is 3.87. The summed E-state index contributed by atoms with van der Waals surface area (Å²) in [5, 5.41) is 0. The highest BCUT2D eigenvalue weighted by atomic mass is 31.1. The van der Waals surface area contributed by atoms with Crippen LogP contribution in [0.5, 0.6) is 0 Å². The van der Waals surface area contributed by atoms with Crippen LogP contribution in [-0.2, 0) is 11.0 Å². The van der Waals surface area contributed by atoms with Gasteiger partial charge in [-0.25, -0.2) is 0 Å². The molecule has 0 amide bonds. The molecule has 3 heteroatoms. The normalized spacial score (nSPS) is 11.3. The molecule has 1 N–H and O–H groups in total. The molecule has 1 unspecified atom stereocenters. The molecule has 0 spiro atoms. The molecule has 0 saturated carbocycles. The van der Waals surface area contributed by atoms with Gasteiger partial charge in [-0.2, -0.15) is 4.89 Å². The monoisotopic (exact) mass is 183 g/mol. The van der Waals surface area contributed by atoms with Gasteiger partial charge in [0.25, 0.3) is 0 Å². The van der Waals surface area contributed by atoms with Gasteiger partial charge in [0.05, 0.1) is 0 Å². The Morgan fingerprint density at radius 1 is 1.33 bits per heavy atom. The first kappa shape index (κ1) is 9.37. The van der Waals surface area contributed by atoms with Crippen molar-refractivity contribution >= 4 is 8.03 Å². The smallest absolute Gasteiger partial charge is 0.161 e. The van der Waals surface area contributed by atoms with E-state index in [4.69, 9.17) is 4.89 Å². The van der Waals surface area contributed by atoms with Crippen molar-refractivity contribution in [2.75, 3.05) is 6.16 Å². The SMILES string of the molecule is Cc1ccc(CC[P+](=O)O)cc1. The van der Waals surface area contributed by atoms with Crippen molar-refractivity contribution in [2.45, 2.75) is 13.3 Å². The number of hydrogen-bond acceptors (Lipinski definition) is 1. The van der Waals surface area contributed by atoms with Crippen molar-refractivity contribution in [3.05, 3.63) is 35.4 Å². The summed E-state index contributed by atoms with van der Waals surface area (Å²) >= 11 is 0. The predicted octanol–water partition coefficient (Wildman–Crippen LogP) is 2.27. The van der Waals surface area contributed by atoms with E-state index in [9.17, 15) is 4.57 Å². The highest BCUT2D eigenvalue weighted by Gasteiger charge is 2.08. The first-order valence-corrected chi connectivity index (χ1v) is 5.27. The van der Waals surface area contributed by atoms with E-state index in [1.807, 2.05) is 31.2 Å². The summed E-state index contributed by atoms with van der Waals surface area (Å²) in [6.07, 6.45) is 1.05. The molecule has 0 heterocycles. The molecule has 0 saturated heterocycles. The maximum absolute atomic E-state index is 10.4. The summed E-state index contributed by atoms with van der Waals surface area (Å²) in [4.78, 5) is 8.58. The lowest BCUT2D eigenvalue weighted by Crippen LogP contribution is -1.87. The van der Waals surface area contributed by atoms with Crippen molar-refractivity contribution in [1.82, 2.24) is 0 Å². The molecule has 1 atom stereocenters. The third-order valence-electron chi connectivity index (χ3n) is 1.71. The second-order valence-electron chi connectivity index (χ2n) is 2.81. The van der Waals surface area contributed by atoms with Crippen LogP contribution in [0.15, 0.2) is 24.3 Å².